The van der Waals surface area contributed by atoms with Gasteiger partial charge in [-0.25, -0.2) is 4.98 Å². The minimum Gasteiger partial charge on any atom is -0.455 e. The van der Waals surface area contributed by atoms with E-state index in [1.54, 1.807) is 0 Å². The Morgan fingerprint density at radius 2 is 1.02 bits per heavy atom. The average molecular weight is 598 g/mol. The van der Waals surface area contributed by atoms with Crippen molar-refractivity contribution in [3.05, 3.63) is 137 Å². The second-order valence-electron chi connectivity index (χ2n) is 12.8. The van der Waals surface area contributed by atoms with Crippen molar-refractivity contribution >= 4 is 33.0 Å². The van der Waals surface area contributed by atoms with Gasteiger partial charge in [-0.3, -0.25) is 0 Å². The standard InChI is InChI=1S/C43H35NO2/c1-24-17-26(3)40(27(4)18-24)32-15-16-38-35(21-32)36-23-33(41-28(5)19-25(2)20-29(41)6)22-34(42(36)45-38)30-11-13-31(14-12-30)43-44-37-9-7-8-10-39(37)46-43/h7-23H,1-6H3. The number of rotatable bonds is 4. The Morgan fingerprint density at radius 3 is 1.67 bits per heavy atom. The summed E-state index contributed by atoms with van der Waals surface area (Å²) >= 11 is 0. The van der Waals surface area contributed by atoms with Crippen LogP contribution in [0.4, 0.5) is 0 Å². The van der Waals surface area contributed by atoms with E-state index in [9.17, 15) is 0 Å². The van der Waals surface area contributed by atoms with Crippen LogP contribution in [-0.4, -0.2) is 4.98 Å². The smallest absolute Gasteiger partial charge is 0.227 e. The molecule has 0 saturated carbocycles. The summed E-state index contributed by atoms with van der Waals surface area (Å²) in [5.41, 5.74) is 19.2. The van der Waals surface area contributed by atoms with E-state index < -0.39 is 0 Å². The molecule has 8 rings (SSSR count). The number of benzene rings is 6. The van der Waals surface area contributed by atoms with Gasteiger partial charge in [0, 0.05) is 21.9 Å². The number of nitrogens with zero attached hydrogens (tertiary/aromatic N) is 1. The molecule has 224 valence electrons. The van der Waals surface area contributed by atoms with Gasteiger partial charge in [-0.05, 0) is 140 Å². The Morgan fingerprint density at radius 1 is 0.457 bits per heavy atom. The number of hydrogen-bond acceptors (Lipinski definition) is 3. The quantitative estimate of drug-likeness (QED) is 0.203. The fourth-order valence-electron chi connectivity index (χ4n) is 7.45. The predicted octanol–water partition coefficient (Wildman–Crippen LogP) is 12.2. The van der Waals surface area contributed by atoms with Crippen LogP contribution >= 0.6 is 0 Å². The molecule has 2 heterocycles. The van der Waals surface area contributed by atoms with Crippen molar-refractivity contribution < 1.29 is 8.83 Å². The van der Waals surface area contributed by atoms with Crippen molar-refractivity contribution in [3.63, 3.8) is 0 Å². The van der Waals surface area contributed by atoms with E-state index in [1.165, 1.54) is 55.6 Å². The molecule has 0 aliphatic rings. The second kappa shape index (κ2) is 10.6. The molecule has 0 bridgehead atoms. The summed E-state index contributed by atoms with van der Waals surface area (Å²) in [7, 11) is 0. The minimum atomic E-state index is 0.621. The molecule has 0 radical (unpaired) electrons. The highest BCUT2D eigenvalue weighted by Gasteiger charge is 2.19. The summed E-state index contributed by atoms with van der Waals surface area (Å²) in [4.78, 5) is 4.71. The molecule has 8 aromatic rings. The lowest BCUT2D eigenvalue weighted by molar-refractivity contribution is 0.620. The topological polar surface area (TPSA) is 39.2 Å². The van der Waals surface area contributed by atoms with Gasteiger partial charge in [0.1, 0.15) is 16.7 Å². The van der Waals surface area contributed by atoms with E-state index in [0.29, 0.717) is 5.89 Å². The highest BCUT2D eigenvalue weighted by Crippen LogP contribution is 2.43. The number of hydrogen-bond donors (Lipinski definition) is 0. The van der Waals surface area contributed by atoms with Gasteiger partial charge in [-0.15, -0.1) is 0 Å². The maximum absolute atomic E-state index is 6.70. The van der Waals surface area contributed by atoms with E-state index in [4.69, 9.17) is 13.8 Å². The SMILES string of the molecule is Cc1cc(C)c(-c2ccc3oc4c(-c5ccc(-c6nc7ccccc7o6)cc5)cc(-c5c(C)cc(C)cc5C)cc4c3c2)c(C)c1. The Hall–Kier alpha value is -5.41. The highest BCUT2D eigenvalue weighted by atomic mass is 16.3. The van der Waals surface area contributed by atoms with Crippen LogP contribution in [0.5, 0.6) is 0 Å². The number of fused-ring (bicyclic) bond motifs is 4. The first-order valence-electron chi connectivity index (χ1n) is 15.9. The van der Waals surface area contributed by atoms with Crippen molar-refractivity contribution in [2.45, 2.75) is 41.5 Å². The first-order chi connectivity index (χ1) is 22.2. The Bertz CT molecular complexity index is 2390. The third-order valence-electron chi connectivity index (χ3n) is 9.24. The van der Waals surface area contributed by atoms with Crippen molar-refractivity contribution in [2.75, 3.05) is 0 Å². The number of aryl methyl sites for hydroxylation is 6. The van der Waals surface area contributed by atoms with Crippen molar-refractivity contribution in [2.24, 2.45) is 0 Å². The van der Waals surface area contributed by atoms with Crippen LogP contribution in [0.25, 0.3) is 77.9 Å². The van der Waals surface area contributed by atoms with E-state index in [-0.39, 0.29) is 0 Å². The molecule has 0 aliphatic heterocycles. The van der Waals surface area contributed by atoms with Gasteiger partial charge in [0.2, 0.25) is 5.89 Å². The van der Waals surface area contributed by atoms with Gasteiger partial charge in [0.05, 0.1) is 0 Å². The van der Waals surface area contributed by atoms with Gasteiger partial charge >= 0.3 is 0 Å². The normalized spacial score (nSPS) is 11.7. The van der Waals surface area contributed by atoms with Crippen LogP contribution in [0, 0.1) is 41.5 Å². The predicted molar refractivity (Wildman–Crippen MR) is 191 cm³/mol. The highest BCUT2D eigenvalue weighted by molar-refractivity contribution is 6.12. The van der Waals surface area contributed by atoms with E-state index in [2.05, 4.69) is 120 Å². The lowest BCUT2D eigenvalue weighted by Crippen LogP contribution is -1.92. The summed E-state index contributed by atoms with van der Waals surface area (Å²) in [6.45, 7) is 13.2. The Kier molecular flexibility index (Phi) is 6.47. The van der Waals surface area contributed by atoms with Crippen molar-refractivity contribution in [3.8, 4) is 44.8 Å². The molecule has 0 atom stereocenters. The van der Waals surface area contributed by atoms with Crippen LogP contribution < -0.4 is 0 Å². The summed E-state index contributed by atoms with van der Waals surface area (Å²) in [6.07, 6.45) is 0. The molecule has 3 heteroatoms. The Balaban J connectivity index is 1.35. The fourth-order valence-corrected chi connectivity index (χ4v) is 7.45. The fraction of sp³-hybridized carbons (Fsp3) is 0.140. The molecule has 0 fully saturated rings. The second-order valence-corrected chi connectivity index (χ2v) is 12.8. The zero-order chi connectivity index (χ0) is 31.7. The summed E-state index contributed by atoms with van der Waals surface area (Å²) in [6, 6.07) is 36.7. The number of furan rings is 1. The van der Waals surface area contributed by atoms with E-state index >= 15 is 0 Å². The van der Waals surface area contributed by atoms with E-state index in [1.807, 2.05) is 24.3 Å². The van der Waals surface area contributed by atoms with Crippen LogP contribution in [-0.2, 0) is 0 Å². The molecule has 0 amide bonds. The molecular formula is C43H35NO2. The van der Waals surface area contributed by atoms with Gasteiger partial charge in [0.25, 0.3) is 0 Å². The monoisotopic (exact) mass is 597 g/mol. The number of oxazole rings is 1. The third kappa shape index (κ3) is 4.62. The molecule has 0 aliphatic carbocycles. The van der Waals surface area contributed by atoms with Crippen molar-refractivity contribution in [1.82, 2.24) is 4.98 Å². The first kappa shape index (κ1) is 28.1. The lowest BCUT2D eigenvalue weighted by Gasteiger charge is -2.14. The van der Waals surface area contributed by atoms with Gasteiger partial charge in [-0.1, -0.05) is 65.7 Å². The van der Waals surface area contributed by atoms with Crippen LogP contribution in [0.15, 0.2) is 112 Å². The lowest BCUT2D eigenvalue weighted by atomic mass is 9.89. The van der Waals surface area contributed by atoms with Crippen LogP contribution in [0.2, 0.25) is 0 Å². The molecular weight excluding hydrogens is 562 g/mol. The van der Waals surface area contributed by atoms with E-state index in [0.717, 1.165) is 49.7 Å². The Labute approximate surface area is 269 Å². The average Bonchev–Trinajstić information content (AvgIpc) is 3.62. The van der Waals surface area contributed by atoms with Crippen LogP contribution in [0.3, 0.4) is 0 Å². The van der Waals surface area contributed by atoms with Crippen molar-refractivity contribution in [1.29, 1.82) is 0 Å². The largest absolute Gasteiger partial charge is 0.455 e. The zero-order valence-electron chi connectivity index (χ0n) is 27.1. The maximum Gasteiger partial charge on any atom is 0.227 e. The van der Waals surface area contributed by atoms with Gasteiger partial charge in [0.15, 0.2) is 5.58 Å². The van der Waals surface area contributed by atoms with Gasteiger partial charge < -0.3 is 8.83 Å². The summed E-state index contributed by atoms with van der Waals surface area (Å²) in [5, 5.41) is 2.25. The molecule has 3 nitrogen and oxygen atoms in total. The van der Waals surface area contributed by atoms with Crippen LogP contribution in [0.1, 0.15) is 33.4 Å². The molecule has 0 unspecified atom stereocenters. The molecule has 0 saturated heterocycles. The molecule has 0 spiro atoms. The number of aromatic nitrogens is 1. The zero-order valence-corrected chi connectivity index (χ0v) is 27.1. The molecule has 2 aromatic heterocycles. The molecule has 6 aromatic carbocycles. The number of para-hydroxylation sites is 2. The minimum absolute atomic E-state index is 0.621. The first-order valence-corrected chi connectivity index (χ1v) is 15.9. The maximum atomic E-state index is 6.70. The van der Waals surface area contributed by atoms with Gasteiger partial charge in [-0.2, -0.15) is 0 Å². The summed E-state index contributed by atoms with van der Waals surface area (Å²) < 4.78 is 12.8. The third-order valence-corrected chi connectivity index (χ3v) is 9.24. The molecule has 0 N–H and O–H groups in total. The molecule has 46 heavy (non-hydrogen) atoms. The summed E-state index contributed by atoms with van der Waals surface area (Å²) in [5.74, 6) is 0.621.